The van der Waals surface area contributed by atoms with Crippen LogP contribution in [0, 0.1) is 3.57 Å². The van der Waals surface area contributed by atoms with E-state index in [9.17, 15) is 4.79 Å². The molecule has 0 spiro atoms. The average Bonchev–Trinajstić information content (AvgIpc) is 2.88. The van der Waals surface area contributed by atoms with Gasteiger partial charge in [-0.3, -0.25) is 4.79 Å². The number of thiazole rings is 1. The van der Waals surface area contributed by atoms with Crippen LogP contribution in [0.4, 0.5) is 0 Å². The summed E-state index contributed by atoms with van der Waals surface area (Å²) in [5.41, 5.74) is 1.58. The highest BCUT2D eigenvalue weighted by Crippen LogP contribution is 2.20. The molecule has 0 unspecified atom stereocenters. The molecule has 1 heterocycles. The van der Waals surface area contributed by atoms with Crippen LogP contribution in [0.15, 0.2) is 23.6 Å². The minimum atomic E-state index is -0.0226. The van der Waals surface area contributed by atoms with Gasteiger partial charge >= 0.3 is 0 Å². The summed E-state index contributed by atoms with van der Waals surface area (Å²) in [6.45, 7) is 2.60. The summed E-state index contributed by atoms with van der Waals surface area (Å²) in [6.07, 6.45) is 0.928. The Bertz CT molecular complexity index is 629. The van der Waals surface area contributed by atoms with Crippen LogP contribution in [-0.2, 0) is 13.0 Å². The molecule has 1 aromatic heterocycles. The minimum absolute atomic E-state index is 0.0226. The molecular formula is C14H14ClIN2OS. The Morgan fingerprint density at radius 3 is 2.85 bits per heavy atom. The molecular weight excluding hydrogens is 407 g/mol. The van der Waals surface area contributed by atoms with Gasteiger partial charge in [-0.05, 0) is 47.2 Å². The van der Waals surface area contributed by atoms with Gasteiger partial charge in [-0.2, -0.15) is 0 Å². The lowest BCUT2D eigenvalue weighted by atomic mass is 10.2. The van der Waals surface area contributed by atoms with Crippen molar-refractivity contribution >= 4 is 51.4 Å². The first-order valence-corrected chi connectivity index (χ1v) is 8.48. The molecule has 0 fully saturated rings. The van der Waals surface area contributed by atoms with E-state index in [2.05, 4.69) is 34.5 Å². The molecule has 3 nitrogen and oxygen atoms in total. The monoisotopic (exact) mass is 420 g/mol. The van der Waals surface area contributed by atoms with E-state index in [1.165, 1.54) is 0 Å². The molecule has 1 aromatic carbocycles. The third-order valence-electron chi connectivity index (χ3n) is 2.81. The zero-order valence-electron chi connectivity index (χ0n) is 11.2. The van der Waals surface area contributed by atoms with Crippen molar-refractivity contribution in [3.05, 3.63) is 48.4 Å². The van der Waals surface area contributed by atoms with Gasteiger partial charge < -0.3 is 4.90 Å². The van der Waals surface area contributed by atoms with Crippen molar-refractivity contribution in [2.75, 3.05) is 7.05 Å². The molecule has 1 amide bonds. The Morgan fingerprint density at radius 2 is 2.25 bits per heavy atom. The maximum absolute atomic E-state index is 12.3. The van der Waals surface area contributed by atoms with Gasteiger partial charge in [-0.25, -0.2) is 4.98 Å². The first-order chi connectivity index (χ1) is 9.51. The van der Waals surface area contributed by atoms with E-state index in [0.29, 0.717) is 17.1 Å². The number of benzene rings is 1. The van der Waals surface area contributed by atoms with Crippen molar-refractivity contribution in [1.82, 2.24) is 9.88 Å². The van der Waals surface area contributed by atoms with Gasteiger partial charge in [0.25, 0.3) is 5.91 Å². The third kappa shape index (κ3) is 3.71. The number of carbonyl (C=O) groups excluding carboxylic acids is 1. The number of halogens is 2. The number of nitrogens with zero attached hydrogens (tertiary/aromatic N) is 2. The van der Waals surface area contributed by atoms with Crippen LogP contribution in [0.1, 0.15) is 28.0 Å². The fourth-order valence-corrected chi connectivity index (χ4v) is 3.12. The second kappa shape index (κ2) is 6.87. The highest BCUT2D eigenvalue weighted by Gasteiger charge is 2.14. The predicted molar refractivity (Wildman–Crippen MR) is 91.5 cm³/mol. The molecule has 0 aliphatic carbocycles. The van der Waals surface area contributed by atoms with E-state index in [4.69, 9.17) is 11.6 Å². The van der Waals surface area contributed by atoms with Crippen molar-refractivity contribution in [2.45, 2.75) is 19.9 Å². The normalized spacial score (nSPS) is 10.6. The van der Waals surface area contributed by atoms with E-state index >= 15 is 0 Å². The van der Waals surface area contributed by atoms with Crippen LogP contribution in [0.5, 0.6) is 0 Å². The molecule has 0 radical (unpaired) electrons. The van der Waals surface area contributed by atoms with Gasteiger partial charge in [-0.1, -0.05) is 18.5 Å². The lowest BCUT2D eigenvalue weighted by molar-refractivity contribution is 0.0783. The predicted octanol–water partition coefficient (Wildman–Crippen LogP) is 4.24. The van der Waals surface area contributed by atoms with Gasteiger partial charge in [0.15, 0.2) is 0 Å². The number of aromatic nitrogens is 1. The first-order valence-electron chi connectivity index (χ1n) is 6.15. The van der Waals surface area contributed by atoms with E-state index in [1.54, 1.807) is 41.5 Å². The summed E-state index contributed by atoms with van der Waals surface area (Å²) in [6, 6.07) is 5.31. The molecule has 0 saturated carbocycles. The molecule has 0 aliphatic rings. The van der Waals surface area contributed by atoms with E-state index in [-0.39, 0.29) is 5.91 Å². The van der Waals surface area contributed by atoms with Gasteiger partial charge in [0.05, 0.1) is 22.3 Å². The van der Waals surface area contributed by atoms with Crippen LogP contribution in [0.25, 0.3) is 0 Å². The van der Waals surface area contributed by atoms with Gasteiger partial charge in [0.2, 0.25) is 0 Å². The van der Waals surface area contributed by atoms with Crippen LogP contribution >= 0.6 is 45.5 Å². The first kappa shape index (κ1) is 15.7. The van der Waals surface area contributed by atoms with Crippen LogP contribution in [-0.4, -0.2) is 22.8 Å². The summed E-state index contributed by atoms with van der Waals surface area (Å²) < 4.78 is 0.880. The summed E-state index contributed by atoms with van der Waals surface area (Å²) in [4.78, 5) is 18.5. The number of carbonyl (C=O) groups is 1. The Hall–Kier alpha value is -0.660. The summed E-state index contributed by atoms with van der Waals surface area (Å²) in [5.74, 6) is -0.0226. The van der Waals surface area contributed by atoms with Crippen molar-refractivity contribution < 1.29 is 4.79 Å². The second-order valence-electron chi connectivity index (χ2n) is 4.38. The fraction of sp³-hybridized carbons (Fsp3) is 0.286. The summed E-state index contributed by atoms with van der Waals surface area (Å²) >= 11 is 9.73. The Morgan fingerprint density at radius 1 is 1.50 bits per heavy atom. The standard InChI is InChI=1S/C14H14ClIN2OS/c1-3-13-17-10(8-20-13)7-18(2)14(19)9-4-5-11(15)12(16)6-9/h4-6,8H,3,7H2,1-2H3. The van der Waals surface area contributed by atoms with Crippen molar-refractivity contribution in [3.8, 4) is 0 Å². The average molecular weight is 421 g/mol. The Labute approximate surface area is 141 Å². The van der Waals surface area contributed by atoms with E-state index in [0.717, 1.165) is 20.7 Å². The Kier molecular flexibility index (Phi) is 5.40. The zero-order valence-corrected chi connectivity index (χ0v) is 14.9. The zero-order chi connectivity index (χ0) is 14.7. The number of hydrogen-bond donors (Lipinski definition) is 0. The number of amides is 1. The van der Waals surface area contributed by atoms with E-state index < -0.39 is 0 Å². The van der Waals surface area contributed by atoms with Crippen LogP contribution in [0.2, 0.25) is 5.02 Å². The number of aryl methyl sites for hydroxylation is 1. The number of hydrogen-bond acceptors (Lipinski definition) is 3. The maximum Gasteiger partial charge on any atom is 0.253 e. The minimum Gasteiger partial charge on any atom is -0.336 e. The van der Waals surface area contributed by atoms with Crippen LogP contribution < -0.4 is 0 Å². The molecule has 20 heavy (non-hydrogen) atoms. The molecule has 0 N–H and O–H groups in total. The summed E-state index contributed by atoms with van der Waals surface area (Å²) in [5, 5.41) is 3.77. The van der Waals surface area contributed by atoms with Gasteiger partial charge in [-0.15, -0.1) is 11.3 Å². The molecule has 0 bridgehead atoms. The lowest BCUT2D eigenvalue weighted by Crippen LogP contribution is -2.26. The highest BCUT2D eigenvalue weighted by atomic mass is 127. The van der Waals surface area contributed by atoms with Crippen molar-refractivity contribution in [1.29, 1.82) is 0 Å². The summed E-state index contributed by atoms with van der Waals surface area (Å²) in [7, 11) is 1.79. The van der Waals surface area contributed by atoms with Crippen molar-refractivity contribution in [2.24, 2.45) is 0 Å². The highest BCUT2D eigenvalue weighted by molar-refractivity contribution is 14.1. The van der Waals surface area contributed by atoms with Gasteiger partial charge in [0, 0.05) is 21.6 Å². The number of rotatable bonds is 4. The molecule has 2 aromatic rings. The maximum atomic E-state index is 12.3. The molecule has 2 rings (SSSR count). The van der Waals surface area contributed by atoms with Gasteiger partial charge in [0.1, 0.15) is 0 Å². The lowest BCUT2D eigenvalue weighted by Gasteiger charge is -2.16. The second-order valence-corrected chi connectivity index (χ2v) is 6.89. The smallest absolute Gasteiger partial charge is 0.253 e. The third-order valence-corrected chi connectivity index (χ3v) is 5.40. The Balaban J connectivity index is 2.09. The SMILES string of the molecule is CCc1nc(CN(C)C(=O)c2ccc(Cl)c(I)c2)cs1. The van der Waals surface area contributed by atoms with Crippen LogP contribution in [0.3, 0.4) is 0 Å². The molecule has 0 aliphatic heterocycles. The molecule has 0 saturated heterocycles. The van der Waals surface area contributed by atoms with Crippen molar-refractivity contribution in [3.63, 3.8) is 0 Å². The largest absolute Gasteiger partial charge is 0.336 e. The molecule has 106 valence electrons. The van der Waals surface area contributed by atoms with E-state index in [1.807, 2.05) is 5.38 Å². The molecule has 6 heteroatoms. The molecule has 0 atom stereocenters. The quantitative estimate of drug-likeness (QED) is 0.693. The fourth-order valence-electron chi connectivity index (χ4n) is 1.75. The topological polar surface area (TPSA) is 33.2 Å².